The molecule has 1 aromatic heterocycles. The van der Waals surface area contributed by atoms with Crippen LogP contribution in [0.2, 0.25) is 0 Å². The summed E-state index contributed by atoms with van der Waals surface area (Å²) in [5.74, 6) is 0.570. The fraction of sp³-hybridized carbons (Fsp3) is 0.273. The lowest BCUT2D eigenvalue weighted by Gasteiger charge is -2.03. The maximum absolute atomic E-state index is 5.44. The van der Waals surface area contributed by atoms with E-state index in [-0.39, 0.29) is 6.04 Å². The van der Waals surface area contributed by atoms with Crippen molar-refractivity contribution in [2.24, 2.45) is 0 Å². The number of hydrogen-bond donors (Lipinski definition) is 2. The highest BCUT2D eigenvalue weighted by atomic mass is 16.4. The van der Waals surface area contributed by atoms with Gasteiger partial charge in [0.25, 0.3) is 0 Å². The minimum atomic E-state index is 0.0545. The predicted octanol–water partition coefficient (Wildman–Crippen LogP) is 2.09. The molecule has 1 unspecified atom stereocenters. The molecule has 1 aromatic carbocycles. The summed E-state index contributed by atoms with van der Waals surface area (Å²) in [5, 5.41) is 13.9. The first kappa shape index (κ1) is 10.6. The summed E-state index contributed by atoms with van der Waals surface area (Å²) in [6.07, 6.45) is 0. The molecular formula is C11H14N4O. The van der Waals surface area contributed by atoms with E-state index >= 15 is 0 Å². The highest BCUT2D eigenvalue weighted by Gasteiger charge is 2.11. The van der Waals surface area contributed by atoms with Crippen molar-refractivity contribution in [1.29, 1.82) is 0 Å². The normalized spacial score (nSPS) is 12.4. The standard InChI is InChI=1S/C11H14N4O/c1-8(12-2)10-14-15-11(16-10)13-9-6-4-3-5-7-9/h3-8,12H,1-2H3,(H,13,15). The average molecular weight is 218 g/mol. The van der Waals surface area contributed by atoms with Gasteiger partial charge in [-0.25, -0.2) is 0 Å². The van der Waals surface area contributed by atoms with Crippen LogP contribution in [0.4, 0.5) is 11.7 Å². The molecule has 5 nitrogen and oxygen atoms in total. The van der Waals surface area contributed by atoms with Gasteiger partial charge in [0.2, 0.25) is 5.89 Å². The Labute approximate surface area is 93.9 Å². The van der Waals surface area contributed by atoms with Crippen molar-refractivity contribution in [3.05, 3.63) is 36.2 Å². The summed E-state index contributed by atoms with van der Waals surface area (Å²) in [7, 11) is 1.85. The first-order chi connectivity index (χ1) is 7.79. The van der Waals surface area contributed by atoms with Crippen molar-refractivity contribution in [2.45, 2.75) is 13.0 Å². The Morgan fingerprint density at radius 3 is 2.62 bits per heavy atom. The van der Waals surface area contributed by atoms with Crippen molar-refractivity contribution >= 4 is 11.7 Å². The van der Waals surface area contributed by atoms with Gasteiger partial charge in [0.05, 0.1) is 6.04 Å². The van der Waals surface area contributed by atoms with E-state index in [0.29, 0.717) is 11.9 Å². The van der Waals surface area contributed by atoms with E-state index in [1.807, 2.05) is 44.3 Å². The number of anilines is 2. The van der Waals surface area contributed by atoms with Gasteiger partial charge in [-0.15, -0.1) is 5.10 Å². The van der Waals surface area contributed by atoms with Gasteiger partial charge in [-0.3, -0.25) is 0 Å². The number of para-hydroxylation sites is 1. The molecule has 1 atom stereocenters. The Morgan fingerprint density at radius 1 is 1.19 bits per heavy atom. The zero-order valence-corrected chi connectivity index (χ0v) is 9.27. The first-order valence-corrected chi connectivity index (χ1v) is 5.12. The van der Waals surface area contributed by atoms with Gasteiger partial charge >= 0.3 is 6.01 Å². The Balaban J connectivity index is 2.09. The van der Waals surface area contributed by atoms with Gasteiger partial charge in [0.1, 0.15) is 0 Å². The number of benzene rings is 1. The molecule has 0 aliphatic heterocycles. The monoisotopic (exact) mass is 218 g/mol. The van der Waals surface area contributed by atoms with Gasteiger partial charge in [-0.05, 0) is 26.1 Å². The van der Waals surface area contributed by atoms with Gasteiger partial charge in [-0.2, -0.15) is 0 Å². The second-order valence-electron chi connectivity index (χ2n) is 3.45. The fourth-order valence-electron chi connectivity index (χ4n) is 1.23. The van der Waals surface area contributed by atoms with Crippen LogP contribution in [0.25, 0.3) is 0 Å². The maximum Gasteiger partial charge on any atom is 0.320 e. The van der Waals surface area contributed by atoms with Crippen LogP contribution in [0.5, 0.6) is 0 Å². The van der Waals surface area contributed by atoms with Crippen LogP contribution in [-0.4, -0.2) is 17.2 Å². The Morgan fingerprint density at radius 2 is 1.94 bits per heavy atom. The summed E-state index contributed by atoms with van der Waals surface area (Å²) in [5.41, 5.74) is 0.926. The minimum Gasteiger partial charge on any atom is -0.406 e. The summed E-state index contributed by atoms with van der Waals surface area (Å²) < 4.78 is 5.44. The van der Waals surface area contributed by atoms with Crippen molar-refractivity contribution in [3.63, 3.8) is 0 Å². The van der Waals surface area contributed by atoms with E-state index in [9.17, 15) is 0 Å². The van der Waals surface area contributed by atoms with Gasteiger partial charge in [0.15, 0.2) is 0 Å². The van der Waals surface area contributed by atoms with Crippen LogP contribution in [-0.2, 0) is 0 Å². The molecule has 0 aliphatic carbocycles. The smallest absolute Gasteiger partial charge is 0.320 e. The van der Waals surface area contributed by atoms with Crippen molar-refractivity contribution < 1.29 is 4.42 Å². The zero-order chi connectivity index (χ0) is 11.4. The largest absolute Gasteiger partial charge is 0.406 e. The molecule has 5 heteroatoms. The van der Waals surface area contributed by atoms with Crippen LogP contribution in [0.3, 0.4) is 0 Å². The molecule has 0 fully saturated rings. The fourth-order valence-corrected chi connectivity index (χ4v) is 1.23. The van der Waals surface area contributed by atoms with E-state index in [1.165, 1.54) is 0 Å². The molecule has 2 aromatic rings. The molecule has 0 bridgehead atoms. The Hall–Kier alpha value is -1.88. The highest BCUT2D eigenvalue weighted by Crippen LogP contribution is 2.17. The Bertz CT molecular complexity index is 440. The summed E-state index contributed by atoms with van der Waals surface area (Å²) in [6.45, 7) is 1.96. The number of rotatable bonds is 4. The van der Waals surface area contributed by atoms with E-state index in [1.54, 1.807) is 0 Å². The summed E-state index contributed by atoms with van der Waals surface area (Å²) in [6, 6.07) is 10.2. The van der Waals surface area contributed by atoms with Crippen LogP contribution in [0.15, 0.2) is 34.7 Å². The second kappa shape index (κ2) is 4.76. The predicted molar refractivity (Wildman–Crippen MR) is 61.5 cm³/mol. The van der Waals surface area contributed by atoms with Gasteiger partial charge in [-0.1, -0.05) is 23.3 Å². The van der Waals surface area contributed by atoms with Gasteiger partial charge < -0.3 is 15.1 Å². The van der Waals surface area contributed by atoms with Crippen molar-refractivity contribution in [2.75, 3.05) is 12.4 Å². The van der Waals surface area contributed by atoms with Gasteiger partial charge in [0, 0.05) is 5.69 Å². The zero-order valence-electron chi connectivity index (χ0n) is 9.27. The molecule has 16 heavy (non-hydrogen) atoms. The quantitative estimate of drug-likeness (QED) is 0.822. The molecule has 0 radical (unpaired) electrons. The average Bonchev–Trinajstić information content (AvgIpc) is 2.78. The third-order valence-electron chi connectivity index (χ3n) is 2.27. The van der Waals surface area contributed by atoms with Crippen LogP contribution in [0.1, 0.15) is 18.9 Å². The number of hydrogen-bond acceptors (Lipinski definition) is 5. The lowest BCUT2D eigenvalue weighted by molar-refractivity contribution is 0.443. The lowest BCUT2D eigenvalue weighted by Crippen LogP contribution is -2.12. The molecule has 0 amide bonds. The lowest BCUT2D eigenvalue weighted by atomic mass is 10.3. The molecule has 0 aliphatic rings. The van der Waals surface area contributed by atoms with Crippen molar-refractivity contribution in [3.8, 4) is 0 Å². The third kappa shape index (κ3) is 2.38. The minimum absolute atomic E-state index is 0.0545. The number of nitrogens with zero attached hydrogens (tertiary/aromatic N) is 2. The Kier molecular flexibility index (Phi) is 3.16. The highest BCUT2D eigenvalue weighted by molar-refractivity contribution is 5.50. The van der Waals surface area contributed by atoms with Crippen LogP contribution >= 0.6 is 0 Å². The summed E-state index contributed by atoms with van der Waals surface area (Å²) in [4.78, 5) is 0. The van der Waals surface area contributed by atoms with E-state index in [0.717, 1.165) is 5.69 Å². The topological polar surface area (TPSA) is 63.0 Å². The second-order valence-corrected chi connectivity index (χ2v) is 3.45. The molecule has 84 valence electrons. The molecular weight excluding hydrogens is 204 g/mol. The molecule has 2 rings (SSSR count). The van der Waals surface area contributed by atoms with Crippen LogP contribution < -0.4 is 10.6 Å². The molecule has 0 saturated heterocycles. The molecule has 1 heterocycles. The first-order valence-electron chi connectivity index (χ1n) is 5.12. The van der Waals surface area contributed by atoms with Crippen molar-refractivity contribution in [1.82, 2.24) is 15.5 Å². The molecule has 0 spiro atoms. The number of aromatic nitrogens is 2. The van der Waals surface area contributed by atoms with E-state index in [4.69, 9.17) is 4.42 Å². The summed E-state index contributed by atoms with van der Waals surface area (Å²) >= 11 is 0. The van der Waals surface area contributed by atoms with E-state index < -0.39 is 0 Å². The molecule has 2 N–H and O–H groups in total. The molecule has 0 saturated carbocycles. The maximum atomic E-state index is 5.44. The van der Waals surface area contributed by atoms with Crippen LogP contribution in [0, 0.1) is 0 Å². The number of nitrogens with one attached hydrogen (secondary N) is 2. The van der Waals surface area contributed by atoms with E-state index in [2.05, 4.69) is 20.8 Å². The third-order valence-corrected chi connectivity index (χ3v) is 2.27. The SMILES string of the molecule is CNC(C)c1nnc(Nc2ccccc2)o1.